The van der Waals surface area contributed by atoms with E-state index in [1.54, 1.807) is 0 Å². The van der Waals surface area contributed by atoms with E-state index in [1.807, 2.05) is 0 Å². The smallest absolute Gasteiger partial charge is 0.0337 e. The molecule has 0 aromatic heterocycles. The maximum atomic E-state index is 3.84. The molecular formula is C16H32N2. The predicted molar refractivity (Wildman–Crippen MR) is 78.9 cm³/mol. The molecule has 2 fully saturated rings. The lowest BCUT2D eigenvalue weighted by Gasteiger charge is -2.52. The highest BCUT2D eigenvalue weighted by Gasteiger charge is 2.45. The third-order valence-corrected chi connectivity index (χ3v) is 5.42. The van der Waals surface area contributed by atoms with Gasteiger partial charge in [0.2, 0.25) is 0 Å². The number of nitrogens with zero attached hydrogens (tertiary/aromatic N) is 1. The first-order valence-electron chi connectivity index (χ1n) is 8.13. The van der Waals surface area contributed by atoms with Crippen LogP contribution in [0.1, 0.15) is 66.2 Å². The van der Waals surface area contributed by atoms with Crippen LogP contribution >= 0.6 is 0 Å². The van der Waals surface area contributed by atoms with E-state index in [-0.39, 0.29) is 0 Å². The zero-order chi connectivity index (χ0) is 13.2. The molecule has 1 unspecified atom stereocenters. The van der Waals surface area contributed by atoms with Gasteiger partial charge in [0.05, 0.1) is 0 Å². The van der Waals surface area contributed by atoms with E-state index in [1.165, 1.54) is 51.6 Å². The van der Waals surface area contributed by atoms with Crippen molar-refractivity contribution in [3.63, 3.8) is 0 Å². The zero-order valence-corrected chi connectivity index (χ0v) is 12.8. The van der Waals surface area contributed by atoms with Crippen molar-refractivity contribution in [2.45, 2.75) is 83.8 Å². The summed E-state index contributed by atoms with van der Waals surface area (Å²) in [5.74, 6) is 0.751. The van der Waals surface area contributed by atoms with Crippen LogP contribution in [0.4, 0.5) is 0 Å². The maximum Gasteiger partial charge on any atom is 0.0337 e. The van der Waals surface area contributed by atoms with Gasteiger partial charge in [-0.3, -0.25) is 4.90 Å². The monoisotopic (exact) mass is 252 g/mol. The first-order chi connectivity index (χ1) is 8.63. The van der Waals surface area contributed by atoms with Gasteiger partial charge in [0.25, 0.3) is 0 Å². The van der Waals surface area contributed by atoms with Gasteiger partial charge in [-0.25, -0.2) is 0 Å². The number of nitrogens with one attached hydrogen (secondary N) is 1. The Labute approximate surface area is 114 Å². The van der Waals surface area contributed by atoms with Crippen LogP contribution in [-0.2, 0) is 0 Å². The normalized spacial score (nSPS) is 28.7. The summed E-state index contributed by atoms with van der Waals surface area (Å²) in [6.45, 7) is 11.9. The Balaban J connectivity index is 2.15. The van der Waals surface area contributed by atoms with E-state index in [0.717, 1.165) is 12.0 Å². The molecule has 1 spiro atoms. The molecule has 0 bridgehead atoms. The summed E-state index contributed by atoms with van der Waals surface area (Å²) in [6, 6.07) is 1.49. The molecule has 1 saturated carbocycles. The largest absolute Gasteiger partial charge is 0.311 e. The molecule has 1 atom stereocenters. The van der Waals surface area contributed by atoms with Crippen LogP contribution in [0.2, 0.25) is 0 Å². The Morgan fingerprint density at radius 1 is 1.17 bits per heavy atom. The number of hydrogen-bond acceptors (Lipinski definition) is 2. The van der Waals surface area contributed by atoms with Crippen molar-refractivity contribution >= 4 is 0 Å². The first-order valence-corrected chi connectivity index (χ1v) is 8.13. The summed E-state index contributed by atoms with van der Waals surface area (Å²) in [5.41, 5.74) is 0.502. The van der Waals surface area contributed by atoms with Gasteiger partial charge < -0.3 is 5.32 Å². The molecule has 2 aliphatic rings. The zero-order valence-electron chi connectivity index (χ0n) is 12.8. The summed E-state index contributed by atoms with van der Waals surface area (Å²) in [7, 11) is 0. The first kappa shape index (κ1) is 14.3. The molecule has 1 aliphatic carbocycles. The lowest BCUT2D eigenvalue weighted by atomic mass is 9.86. The minimum atomic E-state index is 0.502. The van der Waals surface area contributed by atoms with E-state index in [4.69, 9.17) is 0 Å². The average molecular weight is 252 g/mol. The van der Waals surface area contributed by atoms with E-state index in [0.29, 0.717) is 11.6 Å². The lowest BCUT2D eigenvalue weighted by Crippen LogP contribution is -2.66. The van der Waals surface area contributed by atoms with Crippen molar-refractivity contribution in [2.24, 2.45) is 5.92 Å². The van der Waals surface area contributed by atoms with E-state index >= 15 is 0 Å². The van der Waals surface area contributed by atoms with Gasteiger partial charge in [0.15, 0.2) is 0 Å². The fraction of sp³-hybridized carbons (Fsp3) is 1.00. The molecule has 1 aliphatic heterocycles. The van der Waals surface area contributed by atoms with Gasteiger partial charge >= 0.3 is 0 Å². The molecule has 2 rings (SSSR count). The molecule has 0 aromatic rings. The van der Waals surface area contributed by atoms with Gasteiger partial charge in [-0.2, -0.15) is 0 Å². The van der Waals surface area contributed by atoms with Crippen LogP contribution in [0.5, 0.6) is 0 Å². The topological polar surface area (TPSA) is 15.3 Å². The quantitative estimate of drug-likeness (QED) is 0.825. The number of rotatable bonds is 4. The average Bonchev–Trinajstić information content (AvgIpc) is 2.82. The van der Waals surface area contributed by atoms with Crippen molar-refractivity contribution < 1.29 is 0 Å². The van der Waals surface area contributed by atoms with Gasteiger partial charge in [0, 0.05) is 30.7 Å². The van der Waals surface area contributed by atoms with Crippen molar-refractivity contribution in [1.29, 1.82) is 0 Å². The lowest BCUT2D eigenvalue weighted by molar-refractivity contribution is -0.00573. The summed E-state index contributed by atoms with van der Waals surface area (Å²) in [4.78, 5) is 2.90. The molecule has 0 amide bonds. The third-order valence-electron chi connectivity index (χ3n) is 5.42. The maximum absolute atomic E-state index is 3.84. The fourth-order valence-electron chi connectivity index (χ4n) is 4.10. The second-order valence-corrected chi connectivity index (χ2v) is 6.79. The van der Waals surface area contributed by atoms with Crippen molar-refractivity contribution in [1.82, 2.24) is 10.2 Å². The van der Waals surface area contributed by atoms with Gasteiger partial charge in [0.1, 0.15) is 0 Å². The molecule has 1 heterocycles. The molecule has 1 saturated heterocycles. The summed E-state index contributed by atoms with van der Waals surface area (Å²) in [5, 5.41) is 3.84. The van der Waals surface area contributed by atoms with Gasteiger partial charge in [-0.1, -0.05) is 40.5 Å². The second kappa shape index (κ2) is 5.92. The summed E-state index contributed by atoms with van der Waals surface area (Å²) >= 11 is 0. The molecule has 106 valence electrons. The second-order valence-electron chi connectivity index (χ2n) is 6.79. The molecule has 18 heavy (non-hydrogen) atoms. The molecule has 0 aromatic carbocycles. The Hall–Kier alpha value is -0.0800. The highest BCUT2D eigenvalue weighted by Crippen LogP contribution is 2.39. The number of piperazine rings is 1. The standard InChI is InChI=1S/C16H32N2/c1-5-14(6-2)18-11-15(13(3)4)17-12-16(18)9-7-8-10-16/h13-15,17H,5-12H2,1-4H3. The molecule has 0 radical (unpaired) electrons. The van der Waals surface area contributed by atoms with Crippen LogP contribution < -0.4 is 5.32 Å². The molecule has 2 nitrogen and oxygen atoms in total. The van der Waals surface area contributed by atoms with Crippen LogP contribution in [0, 0.1) is 5.92 Å². The van der Waals surface area contributed by atoms with Crippen LogP contribution in [-0.4, -0.2) is 35.6 Å². The predicted octanol–water partition coefficient (Wildman–Crippen LogP) is 3.42. The molecule has 1 N–H and O–H groups in total. The highest BCUT2D eigenvalue weighted by molar-refractivity contribution is 5.04. The van der Waals surface area contributed by atoms with E-state index in [9.17, 15) is 0 Å². The Bertz CT molecular complexity index is 252. The van der Waals surface area contributed by atoms with Gasteiger partial charge in [-0.05, 0) is 31.6 Å². The minimum Gasteiger partial charge on any atom is -0.311 e. The SMILES string of the molecule is CCC(CC)N1CC(C(C)C)NCC12CCCC2. The Morgan fingerprint density at radius 2 is 1.78 bits per heavy atom. The minimum absolute atomic E-state index is 0.502. The number of hydrogen-bond donors (Lipinski definition) is 1. The van der Waals surface area contributed by atoms with E-state index < -0.39 is 0 Å². The fourth-order valence-corrected chi connectivity index (χ4v) is 4.10. The highest BCUT2D eigenvalue weighted by atomic mass is 15.3. The van der Waals surface area contributed by atoms with Gasteiger partial charge in [-0.15, -0.1) is 0 Å². The van der Waals surface area contributed by atoms with Crippen molar-refractivity contribution in [2.75, 3.05) is 13.1 Å². The summed E-state index contributed by atoms with van der Waals surface area (Å²) < 4.78 is 0. The third kappa shape index (κ3) is 2.60. The van der Waals surface area contributed by atoms with Crippen LogP contribution in [0.15, 0.2) is 0 Å². The van der Waals surface area contributed by atoms with E-state index in [2.05, 4.69) is 37.9 Å². The van der Waals surface area contributed by atoms with Crippen LogP contribution in [0.25, 0.3) is 0 Å². The molecule has 2 heteroatoms. The Kier molecular flexibility index (Phi) is 4.71. The summed E-state index contributed by atoms with van der Waals surface area (Å²) in [6.07, 6.45) is 8.32. The van der Waals surface area contributed by atoms with Crippen LogP contribution in [0.3, 0.4) is 0 Å². The van der Waals surface area contributed by atoms with Crippen molar-refractivity contribution in [3.8, 4) is 0 Å². The Morgan fingerprint density at radius 3 is 2.28 bits per heavy atom. The molecular weight excluding hydrogens is 220 g/mol. The van der Waals surface area contributed by atoms with Crippen molar-refractivity contribution in [3.05, 3.63) is 0 Å².